The lowest BCUT2D eigenvalue weighted by molar-refractivity contribution is 0.188. The highest BCUT2D eigenvalue weighted by atomic mass is 32.1. The van der Waals surface area contributed by atoms with Crippen LogP contribution in [0.3, 0.4) is 0 Å². The van der Waals surface area contributed by atoms with E-state index >= 15 is 0 Å². The fourth-order valence-electron chi connectivity index (χ4n) is 12.8. The van der Waals surface area contributed by atoms with Crippen molar-refractivity contribution >= 4 is 78.0 Å². The van der Waals surface area contributed by atoms with Gasteiger partial charge in [0.15, 0.2) is 0 Å². The number of anilines is 6. The molecule has 7 aromatic rings. The summed E-state index contributed by atoms with van der Waals surface area (Å²) in [5, 5.41) is 1.27. The molecule has 6 aromatic carbocycles. The van der Waals surface area contributed by atoms with Crippen molar-refractivity contribution in [3.63, 3.8) is 0 Å². The van der Waals surface area contributed by atoms with Gasteiger partial charge in [0.25, 0.3) is 6.71 Å². The minimum Gasteiger partial charge on any atom is -0.311 e. The maximum Gasteiger partial charge on any atom is 0.264 e. The highest BCUT2D eigenvalue weighted by Crippen LogP contribution is 2.59. The summed E-state index contributed by atoms with van der Waals surface area (Å²) in [6.07, 6.45) is 7.03. The normalized spacial score (nSPS) is 23.2. The third-order valence-electron chi connectivity index (χ3n) is 17.3. The molecular weight excluding hydrogens is 816 g/mol. The molecule has 66 heavy (non-hydrogen) atoms. The molecule has 13 rings (SSSR count). The topological polar surface area (TPSA) is 6.48 Å². The molecule has 2 bridgehead atoms. The minimum absolute atomic E-state index is 0.0259. The van der Waals surface area contributed by atoms with Crippen molar-refractivity contribution in [2.75, 3.05) is 9.80 Å². The Labute approximate surface area is 406 Å². The Morgan fingerprint density at radius 2 is 1.11 bits per heavy atom. The van der Waals surface area contributed by atoms with Crippen LogP contribution >= 0.6 is 11.3 Å². The van der Waals surface area contributed by atoms with Gasteiger partial charge in [-0.2, -0.15) is 0 Å². The van der Waals surface area contributed by atoms with E-state index in [0.29, 0.717) is 5.56 Å². The fraction of sp³-hybridized carbons (Fsp3) is 0.387. The molecule has 3 heterocycles. The molecule has 0 radical (unpaired) electrons. The first-order valence-corrected chi connectivity index (χ1v) is 25.4. The smallest absolute Gasteiger partial charge is 0.264 e. The van der Waals surface area contributed by atoms with Gasteiger partial charge in [0.2, 0.25) is 0 Å². The van der Waals surface area contributed by atoms with E-state index in [1.807, 2.05) is 11.3 Å². The molecule has 334 valence electrons. The second-order valence-electron chi connectivity index (χ2n) is 24.7. The number of fused-ring (bicyclic) bond motifs is 9. The predicted octanol–water partition coefficient (Wildman–Crippen LogP) is 15.7. The molecule has 2 nitrogen and oxygen atoms in total. The summed E-state index contributed by atoms with van der Waals surface area (Å²) in [6.45, 7) is 28.1. The largest absolute Gasteiger partial charge is 0.311 e. The summed E-state index contributed by atoms with van der Waals surface area (Å²) in [5.41, 5.74) is 18.0. The first-order chi connectivity index (χ1) is 33.2. The molecule has 4 heteroatoms. The zero-order valence-electron chi connectivity index (χ0n) is 46.2. The lowest BCUT2D eigenvalue weighted by atomic mass is 9.36. The summed E-state index contributed by atoms with van der Waals surface area (Å²) < 4.78 is 48.1. The molecule has 0 amide bonds. The second kappa shape index (κ2) is 13.8. The molecule has 4 aliphatic carbocycles. The van der Waals surface area contributed by atoms with Gasteiger partial charge in [-0.1, -0.05) is 144 Å². The number of hydrogen-bond acceptors (Lipinski definition) is 3. The lowest BCUT2D eigenvalue weighted by Crippen LogP contribution is -2.60. The molecule has 1 fully saturated rings. The SMILES string of the molecule is [2H]c1c([2H])c([2H])c(-c2cc3c4c(c2)N(c2ccc5c(c2)C(C)(C)CCC5(C)C)c2c(sc5cc6c(cc25)C2(C)CCC6(C)CC2)B4c2cc(C(C)(C)C)ccc2N3c2ccc(C(C)(C)C)cc2)c([2H])c1[2H]. The van der Waals surface area contributed by atoms with Gasteiger partial charge >= 0.3 is 0 Å². The Bertz CT molecular complexity index is 3420. The van der Waals surface area contributed by atoms with Gasteiger partial charge in [-0.15, -0.1) is 11.3 Å². The third-order valence-corrected chi connectivity index (χ3v) is 18.5. The third kappa shape index (κ3) is 6.11. The number of thiophene rings is 1. The molecule has 0 N–H and O–H groups in total. The van der Waals surface area contributed by atoms with E-state index in [9.17, 15) is 2.74 Å². The highest BCUT2D eigenvalue weighted by molar-refractivity contribution is 7.33. The van der Waals surface area contributed by atoms with Gasteiger partial charge in [0.1, 0.15) is 0 Å². The van der Waals surface area contributed by atoms with E-state index in [1.165, 1.54) is 90.5 Å². The zero-order chi connectivity index (χ0) is 50.4. The zero-order valence-corrected chi connectivity index (χ0v) is 42.0. The van der Waals surface area contributed by atoms with E-state index in [0.717, 1.165) is 41.3 Å². The quantitative estimate of drug-likeness (QED) is 0.163. The number of benzene rings is 6. The van der Waals surface area contributed by atoms with E-state index in [1.54, 1.807) is 0 Å². The average Bonchev–Trinajstić information content (AvgIpc) is 3.69. The van der Waals surface area contributed by atoms with Crippen molar-refractivity contribution in [2.45, 2.75) is 154 Å². The Morgan fingerprint density at radius 1 is 0.530 bits per heavy atom. The molecule has 0 saturated heterocycles. The molecule has 0 spiro atoms. The second-order valence-corrected chi connectivity index (χ2v) is 25.8. The summed E-state index contributed by atoms with van der Waals surface area (Å²) in [6, 6.07) is 31.3. The predicted molar refractivity (Wildman–Crippen MR) is 287 cm³/mol. The molecule has 0 unspecified atom stereocenters. The van der Waals surface area contributed by atoms with Gasteiger partial charge in [-0.3, -0.25) is 0 Å². The fourth-order valence-corrected chi connectivity index (χ4v) is 14.1. The molecule has 1 aromatic heterocycles. The molecule has 2 aliphatic heterocycles. The minimum atomic E-state index is -0.387. The summed E-state index contributed by atoms with van der Waals surface area (Å²) in [5.74, 6) is 0. The van der Waals surface area contributed by atoms with Crippen LogP contribution in [0.4, 0.5) is 34.1 Å². The van der Waals surface area contributed by atoms with Crippen LogP contribution in [0.25, 0.3) is 21.2 Å². The Morgan fingerprint density at radius 3 is 1.74 bits per heavy atom. The van der Waals surface area contributed by atoms with Crippen LogP contribution in [-0.2, 0) is 32.5 Å². The van der Waals surface area contributed by atoms with Crippen LogP contribution in [0.15, 0.2) is 115 Å². The standard InChI is InChI=1S/C62H67BN2S/c1-57(2,3)40-18-21-42(22-19-40)64-50-25-20-41(58(4,5)6)34-49(50)63-54-51(64)32-39(38-16-14-13-15-17-38)33-52(54)65(43-23-24-45-46(35-43)60(9,10)27-26-59(45,7)8)55-44-36-47-48(37-53(44)66-56(55)63)62(12)30-28-61(47,11)29-31-62/h13-25,32-37H,26-31H2,1-12H3/i13D,14D,15D,16D,17D. The summed E-state index contributed by atoms with van der Waals surface area (Å²) in [4.78, 5) is 4.94. The van der Waals surface area contributed by atoms with Crippen LogP contribution in [0.1, 0.15) is 162 Å². The van der Waals surface area contributed by atoms with E-state index in [2.05, 4.69) is 178 Å². The van der Waals surface area contributed by atoms with Crippen molar-refractivity contribution < 1.29 is 6.85 Å². The number of rotatable bonds is 3. The molecule has 0 atom stereocenters. The van der Waals surface area contributed by atoms with Crippen molar-refractivity contribution in [3.8, 4) is 11.1 Å². The average molecular weight is 888 g/mol. The van der Waals surface area contributed by atoms with Gasteiger partial charge in [0, 0.05) is 43.3 Å². The van der Waals surface area contributed by atoms with Crippen molar-refractivity contribution in [3.05, 3.63) is 149 Å². The summed E-state index contributed by atoms with van der Waals surface area (Å²) in [7, 11) is 0. The maximum absolute atomic E-state index is 9.46. The Kier molecular flexibility index (Phi) is 7.72. The van der Waals surface area contributed by atoms with E-state index < -0.39 is 0 Å². The first-order valence-electron chi connectivity index (χ1n) is 27.1. The highest BCUT2D eigenvalue weighted by Gasteiger charge is 2.50. The van der Waals surface area contributed by atoms with E-state index in [4.69, 9.17) is 4.11 Å². The van der Waals surface area contributed by atoms with E-state index in [-0.39, 0.29) is 75.0 Å². The maximum atomic E-state index is 9.46. The van der Waals surface area contributed by atoms with Crippen LogP contribution < -0.4 is 25.5 Å². The monoisotopic (exact) mass is 888 g/mol. The Hall–Kier alpha value is -5.06. The summed E-state index contributed by atoms with van der Waals surface area (Å²) >= 11 is 1.96. The molecule has 1 saturated carbocycles. The van der Waals surface area contributed by atoms with Gasteiger partial charge in [-0.25, -0.2) is 0 Å². The lowest BCUT2D eigenvalue weighted by Gasteiger charge is -2.52. The van der Waals surface area contributed by atoms with Gasteiger partial charge < -0.3 is 9.80 Å². The van der Waals surface area contributed by atoms with Crippen molar-refractivity contribution in [1.29, 1.82) is 0 Å². The van der Waals surface area contributed by atoms with Gasteiger partial charge in [0.05, 0.1) is 12.5 Å². The van der Waals surface area contributed by atoms with Crippen LogP contribution in [-0.4, -0.2) is 6.71 Å². The van der Waals surface area contributed by atoms with Crippen molar-refractivity contribution in [1.82, 2.24) is 0 Å². The van der Waals surface area contributed by atoms with Crippen LogP contribution in [0.5, 0.6) is 0 Å². The molecule has 6 aliphatic rings. The van der Waals surface area contributed by atoms with Gasteiger partial charge in [-0.05, 0) is 181 Å². The van der Waals surface area contributed by atoms with Crippen LogP contribution in [0, 0.1) is 0 Å². The Balaban J connectivity index is 1.25. The van der Waals surface area contributed by atoms with Crippen molar-refractivity contribution in [2.24, 2.45) is 0 Å². The number of nitrogens with zero attached hydrogens (tertiary/aromatic N) is 2. The number of hydrogen-bond donors (Lipinski definition) is 0. The first kappa shape index (κ1) is 37.0. The van der Waals surface area contributed by atoms with Crippen LogP contribution in [0.2, 0.25) is 0 Å². The molecular formula is C62H67BN2S.